The van der Waals surface area contributed by atoms with Crippen LogP contribution in [0.25, 0.3) is 11.3 Å². The molecule has 1 aliphatic heterocycles. The van der Waals surface area contributed by atoms with Gasteiger partial charge < -0.3 is 4.90 Å². The van der Waals surface area contributed by atoms with Crippen LogP contribution >= 0.6 is 23.1 Å². The SMILES string of the molecule is Cc1ccc(-c2csc(NC(=O)c3ccccc3SCC(=O)N3CCCC3)n2)cc1. The number of amides is 2. The van der Waals surface area contributed by atoms with Gasteiger partial charge in [0.05, 0.1) is 17.0 Å². The monoisotopic (exact) mass is 437 g/mol. The van der Waals surface area contributed by atoms with Crippen molar-refractivity contribution >= 4 is 40.0 Å². The van der Waals surface area contributed by atoms with Gasteiger partial charge in [0.2, 0.25) is 5.91 Å². The summed E-state index contributed by atoms with van der Waals surface area (Å²) in [6, 6.07) is 15.5. The number of hydrogen-bond acceptors (Lipinski definition) is 5. The molecule has 1 aromatic heterocycles. The molecular formula is C23H23N3O2S2. The van der Waals surface area contributed by atoms with Crippen molar-refractivity contribution in [1.29, 1.82) is 0 Å². The number of aryl methyl sites for hydroxylation is 1. The van der Waals surface area contributed by atoms with E-state index >= 15 is 0 Å². The molecule has 1 N–H and O–H groups in total. The second-order valence-electron chi connectivity index (χ2n) is 7.23. The largest absolute Gasteiger partial charge is 0.342 e. The van der Waals surface area contributed by atoms with E-state index in [9.17, 15) is 9.59 Å². The zero-order valence-electron chi connectivity index (χ0n) is 16.8. The van der Waals surface area contributed by atoms with E-state index in [-0.39, 0.29) is 11.8 Å². The van der Waals surface area contributed by atoms with Crippen molar-refractivity contribution in [2.75, 3.05) is 24.2 Å². The number of nitrogens with one attached hydrogen (secondary N) is 1. The van der Waals surface area contributed by atoms with Crippen LogP contribution in [-0.2, 0) is 4.79 Å². The number of thiazole rings is 1. The lowest BCUT2D eigenvalue weighted by Gasteiger charge is -2.15. The van der Waals surface area contributed by atoms with Gasteiger partial charge in [0.25, 0.3) is 5.91 Å². The normalized spacial score (nSPS) is 13.4. The Balaban J connectivity index is 1.42. The predicted octanol–water partition coefficient (Wildman–Crippen LogP) is 5.09. The van der Waals surface area contributed by atoms with Crippen LogP contribution in [0.4, 0.5) is 5.13 Å². The number of likely N-dealkylation sites (tertiary alicyclic amines) is 1. The molecule has 4 rings (SSSR count). The van der Waals surface area contributed by atoms with Crippen molar-refractivity contribution in [3.63, 3.8) is 0 Å². The van der Waals surface area contributed by atoms with Gasteiger partial charge in [0.15, 0.2) is 5.13 Å². The number of nitrogens with zero attached hydrogens (tertiary/aromatic N) is 2. The summed E-state index contributed by atoms with van der Waals surface area (Å²) in [4.78, 5) is 32.5. The van der Waals surface area contributed by atoms with E-state index in [1.165, 1.54) is 28.7 Å². The lowest BCUT2D eigenvalue weighted by molar-refractivity contribution is -0.127. The van der Waals surface area contributed by atoms with Crippen LogP contribution in [0.2, 0.25) is 0 Å². The minimum Gasteiger partial charge on any atom is -0.342 e. The van der Waals surface area contributed by atoms with Gasteiger partial charge in [-0.1, -0.05) is 42.0 Å². The number of carbonyl (C=O) groups is 2. The third-order valence-corrected chi connectivity index (χ3v) is 6.83. The van der Waals surface area contributed by atoms with Crippen molar-refractivity contribution in [3.8, 4) is 11.3 Å². The molecule has 0 aliphatic carbocycles. The van der Waals surface area contributed by atoms with Crippen molar-refractivity contribution in [2.45, 2.75) is 24.7 Å². The van der Waals surface area contributed by atoms with Gasteiger partial charge in [-0.15, -0.1) is 23.1 Å². The van der Waals surface area contributed by atoms with Crippen LogP contribution < -0.4 is 5.32 Å². The zero-order chi connectivity index (χ0) is 20.9. The number of anilines is 1. The van der Waals surface area contributed by atoms with Gasteiger partial charge in [-0.05, 0) is 31.9 Å². The standard InChI is InChI=1S/C23H23N3O2S2/c1-16-8-10-17(11-9-16)19-14-30-23(24-19)25-22(28)18-6-2-3-7-20(18)29-15-21(27)26-12-4-5-13-26/h2-3,6-11,14H,4-5,12-13,15H2,1H3,(H,24,25,28). The summed E-state index contributed by atoms with van der Waals surface area (Å²) < 4.78 is 0. The smallest absolute Gasteiger partial charge is 0.258 e. The molecule has 0 radical (unpaired) electrons. The third-order valence-electron chi connectivity index (χ3n) is 5.01. The van der Waals surface area contributed by atoms with E-state index in [0.29, 0.717) is 16.4 Å². The molecule has 1 aliphatic rings. The Morgan fingerprint density at radius 1 is 1.10 bits per heavy atom. The first-order valence-corrected chi connectivity index (χ1v) is 11.8. The Hall–Kier alpha value is -2.64. The summed E-state index contributed by atoms with van der Waals surface area (Å²) in [6.45, 7) is 3.73. The average Bonchev–Trinajstić information content (AvgIpc) is 3.45. The molecule has 0 bridgehead atoms. The Labute approximate surface area is 184 Å². The van der Waals surface area contributed by atoms with Gasteiger partial charge in [-0.25, -0.2) is 4.98 Å². The predicted molar refractivity (Wildman–Crippen MR) is 123 cm³/mol. The molecule has 0 atom stereocenters. The maximum atomic E-state index is 12.9. The topological polar surface area (TPSA) is 62.3 Å². The Bertz CT molecular complexity index is 1040. The van der Waals surface area contributed by atoms with Crippen molar-refractivity contribution in [2.24, 2.45) is 0 Å². The van der Waals surface area contributed by atoms with E-state index in [4.69, 9.17) is 0 Å². The van der Waals surface area contributed by atoms with Gasteiger partial charge in [-0.2, -0.15) is 0 Å². The van der Waals surface area contributed by atoms with E-state index < -0.39 is 0 Å². The maximum absolute atomic E-state index is 12.9. The molecule has 2 amide bonds. The van der Waals surface area contributed by atoms with Crippen LogP contribution in [0, 0.1) is 6.92 Å². The van der Waals surface area contributed by atoms with Gasteiger partial charge in [0.1, 0.15) is 0 Å². The number of aromatic nitrogens is 1. The molecule has 5 nitrogen and oxygen atoms in total. The number of carbonyl (C=O) groups excluding carboxylic acids is 2. The first kappa shape index (κ1) is 20.6. The number of hydrogen-bond donors (Lipinski definition) is 1. The van der Waals surface area contributed by atoms with Crippen LogP contribution in [0.3, 0.4) is 0 Å². The second kappa shape index (κ2) is 9.45. The highest BCUT2D eigenvalue weighted by Gasteiger charge is 2.19. The molecule has 3 aromatic rings. The molecule has 30 heavy (non-hydrogen) atoms. The lowest BCUT2D eigenvalue weighted by atomic mass is 10.1. The molecular weight excluding hydrogens is 414 g/mol. The van der Waals surface area contributed by atoms with Gasteiger partial charge in [-0.3, -0.25) is 14.9 Å². The highest BCUT2D eigenvalue weighted by molar-refractivity contribution is 8.00. The molecule has 2 heterocycles. The number of benzene rings is 2. The summed E-state index contributed by atoms with van der Waals surface area (Å²) in [6.07, 6.45) is 2.15. The number of rotatable bonds is 6. The fraction of sp³-hybridized carbons (Fsp3) is 0.261. The highest BCUT2D eigenvalue weighted by atomic mass is 32.2. The zero-order valence-corrected chi connectivity index (χ0v) is 18.4. The highest BCUT2D eigenvalue weighted by Crippen LogP contribution is 2.28. The summed E-state index contributed by atoms with van der Waals surface area (Å²) in [7, 11) is 0. The van der Waals surface area contributed by atoms with E-state index in [0.717, 1.165) is 42.1 Å². The van der Waals surface area contributed by atoms with Crippen molar-refractivity contribution in [1.82, 2.24) is 9.88 Å². The Morgan fingerprint density at radius 2 is 1.83 bits per heavy atom. The average molecular weight is 438 g/mol. The fourth-order valence-electron chi connectivity index (χ4n) is 3.33. The molecule has 0 unspecified atom stereocenters. The molecule has 7 heteroatoms. The first-order chi connectivity index (χ1) is 14.6. The molecule has 0 spiro atoms. The van der Waals surface area contributed by atoms with Gasteiger partial charge >= 0.3 is 0 Å². The van der Waals surface area contributed by atoms with Crippen LogP contribution in [0.15, 0.2) is 58.8 Å². The number of thioether (sulfide) groups is 1. The van der Waals surface area contributed by atoms with Gasteiger partial charge in [0, 0.05) is 28.9 Å². The van der Waals surface area contributed by atoms with E-state index in [1.807, 2.05) is 59.7 Å². The summed E-state index contributed by atoms with van der Waals surface area (Å²) in [5.41, 5.74) is 3.62. The summed E-state index contributed by atoms with van der Waals surface area (Å²) >= 11 is 2.82. The Kier molecular flexibility index (Phi) is 6.50. The van der Waals surface area contributed by atoms with Crippen LogP contribution in [0.5, 0.6) is 0 Å². The van der Waals surface area contributed by atoms with Crippen molar-refractivity contribution in [3.05, 3.63) is 65.0 Å². The second-order valence-corrected chi connectivity index (χ2v) is 9.11. The third kappa shape index (κ3) is 4.91. The minimum atomic E-state index is -0.212. The lowest BCUT2D eigenvalue weighted by Crippen LogP contribution is -2.29. The summed E-state index contributed by atoms with van der Waals surface area (Å²) in [5.74, 6) is 0.269. The molecule has 1 saturated heterocycles. The maximum Gasteiger partial charge on any atom is 0.258 e. The quantitative estimate of drug-likeness (QED) is 0.546. The molecule has 1 fully saturated rings. The first-order valence-electron chi connectivity index (χ1n) is 9.94. The van der Waals surface area contributed by atoms with Crippen molar-refractivity contribution < 1.29 is 9.59 Å². The minimum absolute atomic E-state index is 0.135. The fourth-order valence-corrected chi connectivity index (χ4v) is 5.00. The summed E-state index contributed by atoms with van der Waals surface area (Å²) in [5, 5.41) is 5.40. The van der Waals surface area contributed by atoms with E-state index in [1.54, 1.807) is 6.07 Å². The Morgan fingerprint density at radius 3 is 2.60 bits per heavy atom. The van der Waals surface area contributed by atoms with Crippen LogP contribution in [-0.4, -0.2) is 40.5 Å². The van der Waals surface area contributed by atoms with E-state index in [2.05, 4.69) is 10.3 Å². The molecule has 154 valence electrons. The van der Waals surface area contributed by atoms with Crippen LogP contribution in [0.1, 0.15) is 28.8 Å². The molecule has 2 aromatic carbocycles. The molecule has 0 saturated carbocycles.